The van der Waals surface area contributed by atoms with Crippen molar-refractivity contribution >= 4 is 54.0 Å². The van der Waals surface area contributed by atoms with E-state index in [9.17, 15) is 13.2 Å². The Kier molecular flexibility index (Phi) is 6.97. The van der Waals surface area contributed by atoms with Crippen LogP contribution in [0.25, 0.3) is 10.2 Å². The molecule has 0 bridgehead atoms. The van der Waals surface area contributed by atoms with Crippen molar-refractivity contribution in [2.24, 2.45) is 0 Å². The maximum absolute atomic E-state index is 13.3. The first-order valence-corrected chi connectivity index (χ1v) is 13.0. The highest BCUT2D eigenvalue weighted by Crippen LogP contribution is 2.32. The van der Waals surface area contributed by atoms with E-state index in [4.69, 9.17) is 16.3 Å². The summed E-state index contributed by atoms with van der Waals surface area (Å²) in [5.74, 6) is -0.0590. The Balaban J connectivity index is 1.58. The first kappa shape index (κ1) is 23.2. The lowest BCUT2D eigenvalue weighted by atomic mass is 10.2. The van der Waals surface area contributed by atoms with Gasteiger partial charge in [0.15, 0.2) is 15.0 Å². The van der Waals surface area contributed by atoms with Gasteiger partial charge in [0.2, 0.25) is 5.91 Å². The van der Waals surface area contributed by atoms with Crippen LogP contribution in [0.4, 0.5) is 5.13 Å². The van der Waals surface area contributed by atoms with Crippen LogP contribution in [-0.4, -0.2) is 32.2 Å². The molecule has 33 heavy (non-hydrogen) atoms. The van der Waals surface area contributed by atoms with Gasteiger partial charge in [0.1, 0.15) is 5.75 Å². The fraction of sp³-hybridized carbons (Fsp3) is 0.167. The number of hydrogen-bond donors (Lipinski definition) is 0. The van der Waals surface area contributed by atoms with E-state index in [-0.39, 0.29) is 29.5 Å². The number of sulfone groups is 1. The van der Waals surface area contributed by atoms with E-state index in [1.165, 1.54) is 35.5 Å². The number of thiazole rings is 1. The van der Waals surface area contributed by atoms with Crippen molar-refractivity contribution in [1.29, 1.82) is 0 Å². The fourth-order valence-corrected chi connectivity index (χ4v) is 5.78. The topological polar surface area (TPSA) is 76.6 Å². The molecule has 3 aromatic carbocycles. The van der Waals surface area contributed by atoms with Crippen molar-refractivity contribution in [2.75, 3.05) is 17.8 Å². The third-order valence-electron chi connectivity index (χ3n) is 5.06. The van der Waals surface area contributed by atoms with Gasteiger partial charge < -0.3 is 4.74 Å². The molecule has 6 nitrogen and oxygen atoms in total. The molecule has 0 aliphatic carbocycles. The summed E-state index contributed by atoms with van der Waals surface area (Å²) in [5, 5.41) is 1.09. The lowest BCUT2D eigenvalue weighted by Gasteiger charge is -2.20. The van der Waals surface area contributed by atoms with Crippen molar-refractivity contribution < 1.29 is 17.9 Å². The van der Waals surface area contributed by atoms with Gasteiger partial charge in [-0.1, -0.05) is 53.3 Å². The molecule has 4 aromatic rings. The Morgan fingerprint density at radius 3 is 2.48 bits per heavy atom. The molecule has 1 amide bonds. The molecule has 0 aliphatic rings. The van der Waals surface area contributed by atoms with Gasteiger partial charge in [0, 0.05) is 11.4 Å². The molecule has 0 N–H and O–H groups in total. The van der Waals surface area contributed by atoms with Crippen molar-refractivity contribution in [1.82, 2.24) is 4.98 Å². The third kappa shape index (κ3) is 5.52. The second kappa shape index (κ2) is 9.91. The number of halogens is 1. The van der Waals surface area contributed by atoms with Crippen LogP contribution in [0.15, 0.2) is 77.7 Å². The Hall–Kier alpha value is -2.94. The van der Waals surface area contributed by atoms with Gasteiger partial charge in [-0.05, 0) is 48.0 Å². The Labute approximate surface area is 201 Å². The average Bonchev–Trinajstić information content (AvgIpc) is 3.24. The number of hydrogen-bond acceptors (Lipinski definition) is 6. The molecule has 0 radical (unpaired) electrons. The number of carbonyl (C=O) groups is 1. The number of rotatable bonds is 8. The minimum absolute atomic E-state index is 0.153. The predicted octanol–water partition coefficient (Wildman–Crippen LogP) is 5.36. The van der Waals surface area contributed by atoms with E-state index in [0.717, 1.165) is 15.8 Å². The molecule has 0 saturated carbocycles. The maximum Gasteiger partial charge on any atom is 0.230 e. The Morgan fingerprint density at radius 1 is 1.06 bits per heavy atom. The fourth-order valence-electron chi connectivity index (χ4n) is 3.29. The minimum atomic E-state index is -3.64. The van der Waals surface area contributed by atoms with Gasteiger partial charge in [-0.25, -0.2) is 13.4 Å². The average molecular weight is 501 g/mol. The molecule has 0 unspecified atom stereocenters. The zero-order chi connectivity index (χ0) is 23.4. The molecule has 170 valence electrons. The number of ether oxygens (including phenoxy) is 1. The maximum atomic E-state index is 13.3. The molecule has 0 atom stereocenters. The van der Waals surface area contributed by atoms with E-state index in [0.29, 0.717) is 15.9 Å². The number of aromatic nitrogens is 1. The van der Waals surface area contributed by atoms with Crippen LogP contribution >= 0.6 is 22.9 Å². The zero-order valence-corrected chi connectivity index (χ0v) is 20.2. The summed E-state index contributed by atoms with van der Waals surface area (Å²) in [7, 11) is -2.12. The van der Waals surface area contributed by atoms with Gasteiger partial charge >= 0.3 is 0 Å². The van der Waals surface area contributed by atoms with Gasteiger partial charge in [-0.15, -0.1) is 0 Å². The summed E-state index contributed by atoms with van der Waals surface area (Å²) in [5.41, 5.74) is 1.65. The molecule has 0 spiro atoms. The SMILES string of the molecule is COc1ccc(S(=O)(=O)CCC(=O)N(Cc2ccccc2)c2nc3ccc(Cl)cc3s2)cc1. The zero-order valence-electron chi connectivity index (χ0n) is 17.8. The van der Waals surface area contributed by atoms with E-state index >= 15 is 0 Å². The molecule has 0 aliphatic heterocycles. The summed E-state index contributed by atoms with van der Waals surface area (Å²) in [4.78, 5) is 19.5. The molecular weight excluding hydrogens is 480 g/mol. The first-order chi connectivity index (χ1) is 15.9. The minimum Gasteiger partial charge on any atom is -0.497 e. The molecule has 9 heteroatoms. The standard InChI is InChI=1S/C24H21ClN2O4S2/c1-31-19-8-10-20(11-9-19)33(29,30)14-13-23(28)27(16-17-5-3-2-4-6-17)24-26-21-12-7-18(25)15-22(21)32-24/h2-12,15H,13-14,16H2,1H3. The van der Waals surface area contributed by atoms with E-state index in [2.05, 4.69) is 4.98 Å². The highest BCUT2D eigenvalue weighted by atomic mass is 35.5. The van der Waals surface area contributed by atoms with E-state index in [1.54, 1.807) is 30.3 Å². The number of amides is 1. The van der Waals surface area contributed by atoms with Crippen LogP contribution in [-0.2, 0) is 21.2 Å². The van der Waals surface area contributed by atoms with Crippen LogP contribution in [0.1, 0.15) is 12.0 Å². The Bertz CT molecular complexity index is 1370. The smallest absolute Gasteiger partial charge is 0.230 e. The van der Waals surface area contributed by atoms with Crippen LogP contribution in [0.3, 0.4) is 0 Å². The van der Waals surface area contributed by atoms with Gasteiger partial charge in [-0.2, -0.15) is 0 Å². The highest BCUT2D eigenvalue weighted by Gasteiger charge is 2.23. The normalized spacial score (nSPS) is 11.5. The lowest BCUT2D eigenvalue weighted by Crippen LogP contribution is -2.31. The number of fused-ring (bicyclic) bond motifs is 1. The predicted molar refractivity (Wildman–Crippen MR) is 132 cm³/mol. The number of methoxy groups -OCH3 is 1. The first-order valence-electron chi connectivity index (χ1n) is 10.1. The second-order valence-corrected chi connectivity index (χ2v) is 10.9. The summed E-state index contributed by atoms with van der Waals surface area (Å²) in [6.45, 7) is 0.288. The number of carbonyl (C=O) groups excluding carboxylic acids is 1. The lowest BCUT2D eigenvalue weighted by molar-refractivity contribution is -0.118. The second-order valence-electron chi connectivity index (χ2n) is 7.32. The van der Waals surface area contributed by atoms with Crippen molar-refractivity contribution in [3.05, 3.63) is 83.4 Å². The summed E-state index contributed by atoms with van der Waals surface area (Å²) < 4.78 is 31.5. The monoisotopic (exact) mass is 500 g/mol. The molecule has 1 heterocycles. The number of benzene rings is 3. The van der Waals surface area contributed by atoms with Crippen LogP contribution in [0.2, 0.25) is 5.02 Å². The molecule has 1 aromatic heterocycles. The van der Waals surface area contributed by atoms with Crippen molar-refractivity contribution in [3.8, 4) is 5.75 Å². The van der Waals surface area contributed by atoms with Crippen LogP contribution < -0.4 is 9.64 Å². The Morgan fingerprint density at radius 2 is 1.79 bits per heavy atom. The van der Waals surface area contributed by atoms with Crippen LogP contribution in [0, 0.1) is 0 Å². The summed E-state index contributed by atoms with van der Waals surface area (Å²) >= 11 is 7.45. The van der Waals surface area contributed by atoms with E-state index in [1.807, 2.05) is 30.3 Å². The highest BCUT2D eigenvalue weighted by molar-refractivity contribution is 7.91. The molecule has 0 fully saturated rings. The van der Waals surface area contributed by atoms with Crippen LogP contribution in [0.5, 0.6) is 5.75 Å². The van der Waals surface area contributed by atoms with Gasteiger partial charge in [0.25, 0.3) is 0 Å². The largest absolute Gasteiger partial charge is 0.497 e. The van der Waals surface area contributed by atoms with Gasteiger partial charge in [0.05, 0.1) is 34.5 Å². The summed E-state index contributed by atoms with van der Waals surface area (Å²) in [6, 6.07) is 21.0. The molecule has 4 rings (SSSR count). The molecule has 0 saturated heterocycles. The molecular formula is C24H21ClN2O4S2. The van der Waals surface area contributed by atoms with Gasteiger partial charge in [-0.3, -0.25) is 9.69 Å². The quantitative estimate of drug-likeness (QED) is 0.325. The number of anilines is 1. The van der Waals surface area contributed by atoms with E-state index < -0.39 is 9.84 Å². The van der Waals surface area contributed by atoms with Crippen molar-refractivity contribution in [2.45, 2.75) is 17.9 Å². The summed E-state index contributed by atoms with van der Waals surface area (Å²) in [6.07, 6.45) is -0.169. The third-order valence-corrected chi connectivity index (χ3v) is 8.07. The number of nitrogens with zero attached hydrogens (tertiary/aromatic N) is 2. The van der Waals surface area contributed by atoms with Crippen molar-refractivity contribution in [3.63, 3.8) is 0 Å².